The van der Waals surface area contributed by atoms with Gasteiger partial charge in [-0.2, -0.15) is 0 Å². The fourth-order valence-corrected chi connectivity index (χ4v) is 3.41. The lowest BCUT2D eigenvalue weighted by Crippen LogP contribution is -2.14. The molecule has 0 fully saturated rings. The second-order valence-electron chi connectivity index (χ2n) is 6.41. The predicted molar refractivity (Wildman–Crippen MR) is 118 cm³/mol. The van der Waals surface area contributed by atoms with Gasteiger partial charge in [0.05, 0.1) is 29.5 Å². The Balaban J connectivity index is 0.00000112. The van der Waals surface area contributed by atoms with Crippen molar-refractivity contribution >= 4 is 33.9 Å². The number of amides is 1. The van der Waals surface area contributed by atoms with Gasteiger partial charge in [-0.15, -0.1) is 12.8 Å². The highest BCUT2D eigenvalue weighted by molar-refractivity contribution is 6.04. The molecule has 0 radical (unpaired) electrons. The van der Waals surface area contributed by atoms with Gasteiger partial charge < -0.3 is 16.0 Å². The molecule has 2 aromatic carbocycles. The van der Waals surface area contributed by atoms with Crippen molar-refractivity contribution in [2.75, 3.05) is 5.32 Å². The molecule has 5 rings (SSSR count). The Morgan fingerprint density at radius 1 is 1.06 bits per heavy atom. The van der Waals surface area contributed by atoms with E-state index in [9.17, 15) is 4.79 Å². The molecule has 4 N–H and O–H groups in total. The van der Waals surface area contributed by atoms with E-state index in [1.54, 1.807) is 18.5 Å². The molecule has 9 heteroatoms. The number of carbonyl (C=O) groups excluding carboxylic acids is 1. The number of rotatable bonds is 5. The summed E-state index contributed by atoms with van der Waals surface area (Å²) in [5.74, 6) is 0.836. The minimum atomic E-state index is -0.498. The van der Waals surface area contributed by atoms with E-state index in [0.717, 1.165) is 5.69 Å². The third kappa shape index (κ3) is 3.54. The normalized spacial score (nSPS) is 10.5. The molecule has 3 heterocycles. The monoisotopic (exact) mass is 410 g/mol. The van der Waals surface area contributed by atoms with Crippen molar-refractivity contribution in [3.05, 3.63) is 72.6 Å². The van der Waals surface area contributed by atoms with Gasteiger partial charge in [0.25, 0.3) is 5.91 Å². The van der Waals surface area contributed by atoms with Crippen molar-refractivity contribution in [3.63, 3.8) is 0 Å². The number of anilines is 1. The number of hydrogen-bond donors (Lipinski definition) is 3. The zero-order chi connectivity index (χ0) is 21.8. The van der Waals surface area contributed by atoms with Gasteiger partial charge >= 0.3 is 0 Å². The van der Waals surface area contributed by atoms with Crippen LogP contribution >= 0.6 is 0 Å². The Morgan fingerprint density at radius 3 is 2.65 bits per heavy atom. The van der Waals surface area contributed by atoms with Gasteiger partial charge in [0.1, 0.15) is 17.7 Å². The van der Waals surface area contributed by atoms with Crippen LogP contribution in [0.15, 0.2) is 61.2 Å². The first-order valence-corrected chi connectivity index (χ1v) is 9.29. The molecule has 0 bridgehead atoms. The lowest BCUT2D eigenvalue weighted by atomic mass is 10.1. The van der Waals surface area contributed by atoms with Crippen LogP contribution < -0.4 is 11.1 Å². The summed E-state index contributed by atoms with van der Waals surface area (Å²) in [5.41, 5.74) is 9.59. The molecule has 0 saturated heterocycles. The highest BCUT2D eigenvalue weighted by Gasteiger charge is 2.18. The highest BCUT2D eigenvalue weighted by atomic mass is 16.1. The number of para-hydroxylation sites is 2. The SMILES string of the molecule is C#C.NC(=O)c1cccc2nc(CNc3ncnc4nc[nH]c34)n(-c3ccccc3)c12. The molecular formula is C22H18N8O. The van der Waals surface area contributed by atoms with Gasteiger partial charge in [0.2, 0.25) is 0 Å². The van der Waals surface area contributed by atoms with Gasteiger partial charge in [-0.05, 0) is 24.3 Å². The van der Waals surface area contributed by atoms with E-state index in [2.05, 4.69) is 38.1 Å². The van der Waals surface area contributed by atoms with E-state index in [0.29, 0.717) is 45.9 Å². The summed E-state index contributed by atoms with van der Waals surface area (Å²) in [6, 6.07) is 15.1. The first-order chi connectivity index (χ1) is 15.2. The lowest BCUT2D eigenvalue weighted by Gasteiger charge is -2.12. The zero-order valence-corrected chi connectivity index (χ0v) is 16.4. The highest BCUT2D eigenvalue weighted by Crippen LogP contribution is 2.26. The van der Waals surface area contributed by atoms with Gasteiger partial charge in [-0.25, -0.2) is 19.9 Å². The molecule has 0 atom stereocenters. The van der Waals surface area contributed by atoms with Crippen LogP contribution in [0.25, 0.3) is 27.9 Å². The molecule has 0 aliphatic rings. The molecule has 1 amide bonds. The summed E-state index contributed by atoms with van der Waals surface area (Å²) >= 11 is 0. The minimum absolute atomic E-state index is 0.368. The maximum Gasteiger partial charge on any atom is 0.250 e. The van der Waals surface area contributed by atoms with E-state index in [-0.39, 0.29) is 0 Å². The number of nitrogens with one attached hydrogen (secondary N) is 2. The Labute approximate surface area is 177 Å². The van der Waals surface area contributed by atoms with Crippen LogP contribution in [-0.4, -0.2) is 35.4 Å². The predicted octanol–water partition coefficient (Wildman–Crippen LogP) is 2.65. The molecular weight excluding hydrogens is 392 g/mol. The number of hydrogen-bond acceptors (Lipinski definition) is 6. The van der Waals surface area contributed by atoms with Gasteiger partial charge in [-0.3, -0.25) is 9.36 Å². The molecule has 0 spiro atoms. The third-order valence-corrected chi connectivity index (χ3v) is 4.66. The van der Waals surface area contributed by atoms with Crippen molar-refractivity contribution < 1.29 is 4.79 Å². The standard InChI is InChI=1S/C20H16N8O.C2H2/c21-18(29)13-7-4-8-14-17(13)28(12-5-2-1-3-6-12)15(27-14)9-22-19-16-20(24-10-23-16)26-11-25-19;1-2/h1-8,10-11H,9H2,(H2,21,29)(H2,22,23,24,25,26);1-2H. The summed E-state index contributed by atoms with van der Waals surface area (Å²) in [4.78, 5) is 32.4. The van der Waals surface area contributed by atoms with E-state index in [1.165, 1.54) is 6.33 Å². The molecule has 0 aliphatic heterocycles. The fourth-order valence-electron chi connectivity index (χ4n) is 3.41. The number of carbonyl (C=O) groups is 1. The molecule has 0 saturated carbocycles. The van der Waals surface area contributed by atoms with Crippen LogP contribution in [0.2, 0.25) is 0 Å². The lowest BCUT2D eigenvalue weighted by molar-refractivity contribution is 0.100. The number of terminal acetylenes is 1. The summed E-state index contributed by atoms with van der Waals surface area (Å²) in [5, 5.41) is 3.29. The quantitative estimate of drug-likeness (QED) is 0.382. The maximum absolute atomic E-state index is 12.0. The number of nitrogens with zero attached hydrogens (tertiary/aromatic N) is 5. The zero-order valence-electron chi connectivity index (χ0n) is 16.4. The Bertz CT molecular complexity index is 1380. The van der Waals surface area contributed by atoms with Crippen molar-refractivity contribution in [2.24, 2.45) is 5.73 Å². The summed E-state index contributed by atoms with van der Waals surface area (Å²) in [6.45, 7) is 0.368. The van der Waals surface area contributed by atoms with E-state index >= 15 is 0 Å². The number of aromatic nitrogens is 6. The number of aromatic amines is 1. The van der Waals surface area contributed by atoms with Crippen molar-refractivity contribution in [2.45, 2.75) is 6.54 Å². The van der Waals surface area contributed by atoms with Crippen molar-refractivity contribution in [1.82, 2.24) is 29.5 Å². The van der Waals surface area contributed by atoms with Crippen LogP contribution in [0, 0.1) is 12.8 Å². The van der Waals surface area contributed by atoms with Crippen LogP contribution in [0.1, 0.15) is 16.2 Å². The second-order valence-corrected chi connectivity index (χ2v) is 6.41. The van der Waals surface area contributed by atoms with Crippen LogP contribution in [0.3, 0.4) is 0 Å². The van der Waals surface area contributed by atoms with E-state index in [1.807, 2.05) is 41.0 Å². The molecule has 9 nitrogen and oxygen atoms in total. The summed E-state index contributed by atoms with van der Waals surface area (Å²) in [6.07, 6.45) is 11.0. The van der Waals surface area contributed by atoms with Crippen LogP contribution in [0.5, 0.6) is 0 Å². The number of primary amides is 1. The van der Waals surface area contributed by atoms with Crippen molar-refractivity contribution in [3.8, 4) is 18.5 Å². The molecule has 31 heavy (non-hydrogen) atoms. The Morgan fingerprint density at radius 2 is 1.87 bits per heavy atom. The number of H-pyrrole nitrogens is 1. The van der Waals surface area contributed by atoms with Crippen LogP contribution in [-0.2, 0) is 6.54 Å². The largest absolute Gasteiger partial charge is 0.366 e. The molecule has 3 aromatic heterocycles. The van der Waals surface area contributed by atoms with Gasteiger partial charge in [0, 0.05) is 5.69 Å². The third-order valence-electron chi connectivity index (χ3n) is 4.66. The van der Waals surface area contributed by atoms with Crippen LogP contribution in [0.4, 0.5) is 5.82 Å². The number of fused-ring (bicyclic) bond motifs is 2. The van der Waals surface area contributed by atoms with Gasteiger partial charge in [0.15, 0.2) is 11.5 Å². The number of benzene rings is 2. The summed E-state index contributed by atoms with van der Waals surface area (Å²) < 4.78 is 1.94. The number of nitrogens with two attached hydrogens (primary N) is 1. The Hall–Kier alpha value is -4.71. The molecule has 0 aliphatic carbocycles. The smallest absolute Gasteiger partial charge is 0.250 e. The van der Waals surface area contributed by atoms with E-state index in [4.69, 9.17) is 10.7 Å². The fraction of sp³-hybridized carbons (Fsp3) is 0.0455. The molecule has 0 unspecified atom stereocenters. The second kappa shape index (κ2) is 8.34. The average molecular weight is 410 g/mol. The van der Waals surface area contributed by atoms with Gasteiger partial charge in [-0.1, -0.05) is 24.3 Å². The maximum atomic E-state index is 12.0. The summed E-state index contributed by atoms with van der Waals surface area (Å²) in [7, 11) is 0. The molecule has 5 aromatic rings. The first-order valence-electron chi connectivity index (χ1n) is 9.29. The van der Waals surface area contributed by atoms with E-state index < -0.39 is 5.91 Å². The average Bonchev–Trinajstić information content (AvgIpc) is 3.44. The topological polar surface area (TPSA) is 127 Å². The molecule has 152 valence electrons. The minimum Gasteiger partial charge on any atom is -0.366 e. The first kappa shape index (κ1) is 19.6. The number of imidazole rings is 2. The Kier molecular flexibility index (Phi) is 5.27. The van der Waals surface area contributed by atoms with Crippen molar-refractivity contribution in [1.29, 1.82) is 0 Å².